The fourth-order valence-electron chi connectivity index (χ4n) is 1.98. The van der Waals surface area contributed by atoms with Crippen molar-refractivity contribution in [2.24, 2.45) is 0 Å². The van der Waals surface area contributed by atoms with Gasteiger partial charge in [-0.15, -0.1) is 0 Å². The van der Waals surface area contributed by atoms with E-state index in [1.165, 1.54) is 12.1 Å². The molecular weight excluding hydrogens is 232 g/mol. The molecule has 0 aliphatic heterocycles. The van der Waals surface area contributed by atoms with E-state index < -0.39 is 11.4 Å². The maximum Gasteiger partial charge on any atom is 0.315 e. The average molecular weight is 241 g/mol. The van der Waals surface area contributed by atoms with E-state index in [1.54, 1.807) is 6.07 Å². The number of benzene rings is 1. The van der Waals surface area contributed by atoms with Crippen molar-refractivity contribution in [3.63, 3.8) is 0 Å². The first-order chi connectivity index (χ1) is 7.47. The smallest absolute Gasteiger partial charge is 0.315 e. The molecule has 0 amide bonds. The van der Waals surface area contributed by atoms with Gasteiger partial charge in [0.15, 0.2) is 0 Å². The van der Waals surface area contributed by atoms with Crippen LogP contribution in [0.25, 0.3) is 0 Å². The number of carboxylic acid groups (broad SMARTS) is 1. The lowest BCUT2D eigenvalue weighted by molar-refractivity contribution is -0.153. The Bertz CT molecular complexity index is 473. The minimum absolute atomic E-state index is 0.0871. The Kier molecular flexibility index (Phi) is 2.39. The molecule has 84 valence electrons. The lowest BCUT2D eigenvalue weighted by Gasteiger charge is -2.36. The van der Waals surface area contributed by atoms with Crippen molar-refractivity contribution in [2.75, 3.05) is 0 Å². The van der Waals surface area contributed by atoms with Crippen LogP contribution in [0.2, 0.25) is 5.02 Å². The second kappa shape index (κ2) is 3.49. The third kappa shape index (κ3) is 1.38. The van der Waals surface area contributed by atoms with Crippen LogP contribution in [-0.4, -0.2) is 22.0 Å². The van der Waals surface area contributed by atoms with Gasteiger partial charge in [-0.2, -0.15) is 0 Å². The minimum atomic E-state index is -1.30. The van der Waals surface area contributed by atoms with Gasteiger partial charge in [0.2, 0.25) is 0 Å². The summed E-state index contributed by atoms with van der Waals surface area (Å²) in [6.45, 7) is 0. The van der Waals surface area contributed by atoms with Crippen molar-refractivity contribution in [3.8, 4) is 5.75 Å². The molecule has 1 aliphatic rings. The number of aliphatic carboxylic acids is 1. The Morgan fingerprint density at radius 2 is 2.00 bits per heavy atom. The van der Waals surface area contributed by atoms with Crippen LogP contribution in [0.5, 0.6) is 5.75 Å². The summed E-state index contributed by atoms with van der Waals surface area (Å²) in [4.78, 5) is 22.2. The van der Waals surface area contributed by atoms with Crippen molar-refractivity contribution < 1.29 is 19.8 Å². The van der Waals surface area contributed by atoms with E-state index in [9.17, 15) is 14.7 Å². The number of rotatable bonds is 2. The molecule has 0 heterocycles. The van der Waals surface area contributed by atoms with Gasteiger partial charge in [0.05, 0.1) is 5.02 Å². The summed E-state index contributed by atoms with van der Waals surface area (Å²) in [5.41, 5.74) is -1.08. The summed E-state index contributed by atoms with van der Waals surface area (Å²) in [5, 5.41) is 19.0. The number of halogens is 1. The lowest BCUT2D eigenvalue weighted by atomic mass is 9.63. The summed E-state index contributed by atoms with van der Waals surface area (Å²) >= 11 is 5.71. The predicted molar refractivity (Wildman–Crippen MR) is 56.7 cm³/mol. The Morgan fingerprint density at radius 1 is 1.38 bits per heavy atom. The van der Waals surface area contributed by atoms with Crippen LogP contribution in [0.15, 0.2) is 18.2 Å². The Morgan fingerprint density at radius 3 is 2.50 bits per heavy atom. The molecule has 5 heteroatoms. The lowest BCUT2D eigenvalue weighted by Crippen LogP contribution is -2.48. The fraction of sp³-hybridized carbons (Fsp3) is 0.273. The number of Topliss-reactive ketones (excluding diaryl/α,β-unsaturated/α-hetero) is 1. The predicted octanol–water partition coefficient (Wildman–Crippen LogP) is 1.73. The first-order valence-corrected chi connectivity index (χ1v) is 5.08. The molecule has 0 atom stereocenters. The van der Waals surface area contributed by atoms with Crippen molar-refractivity contribution in [1.82, 2.24) is 0 Å². The SMILES string of the molecule is O=C1CC(C(=O)O)(c2cccc(Cl)c2O)C1. The molecule has 16 heavy (non-hydrogen) atoms. The van der Waals surface area contributed by atoms with E-state index in [0.29, 0.717) is 0 Å². The molecule has 1 fully saturated rings. The van der Waals surface area contributed by atoms with E-state index >= 15 is 0 Å². The maximum absolute atomic E-state index is 11.2. The molecule has 0 spiro atoms. The third-order valence-corrected chi connectivity index (χ3v) is 3.21. The molecule has 2 N–H and O–H groups in total. The highest BCUT2D eigenvalue weighted by Gasteiger charge is 2.53. The molecule has 4 nitrogen and oxygen atoms in total. The van der Waals surface area contributed by atoms with Crippen LogP contribution < -0.4 is 0 Å². The fourth-order valence-corrected chi connectivity index (χ4v) is 2.15. The van der Waals surface area contributed by atoms with Crippen LogP contribution in [-0.2, 0) is 15.0 Å². The van der Waals surface area contributed by atoms with Crippen molar-refractivity contribution in [1.29, 1.82) is 0 Å². The molecule has 0 unspecified atom stereocenters. The summed E-state index contributed by atoms with van der Waals surface area (Å²) in [7, 11) is 0. The van der Waals surface area contributed by atoms with E-state index in [4.69, 9.17) is 16.7 Å². The highest BCUT2D eigenvalue weighted by Crippen LogP contribution is 2.46. The number of para-hydroxylation sites is 1. The zero-order chi connectivity index (χ0) is 11.9. The standard InChI is InChI=1S/C11H9ClO4/c12-8-3-1-2-7(9(8)14)11(10(15)16)4-6(13)5-11/h1-3,14H,4-5H2,(H,15,16). The summed E-state index contributed by atoms with van der Waals surface area (Å²) in [5.74, 6) is -1.48. The maximum atomic E-state index is 11.2. The van der Waals surface area contributed by atoms with Gasteiger partial charge in [0.1, 0.15) is 16.9 Å². The molecule has 1 aromatic rings. The average Bonchev–Trinajstić information content (AvgIpc) is 2.17. The molecule has 2 rings (SSSR count). The van der Waals surface area contributed by atoms with E-state index in [-0.39, 0.29) is 35.0 Å². The van der Waals surface area contributed by atoms with Gasteiger partial charge in [-0.25, -0.2) is 0 Å². The Labute approximate surface area is 96.5 Å². The zero-order valence-electron chi connectivity index (χ0n) is 8.24. The largest absolute Gasteiger partial charge is 0.506 e. The summed E-state index contributed by atoms with van der Waals surface area (Å²) < 4.78 is 0. The quantitative estimate of drug-likeness (QED) is 0.826. The van der Waals surface area contributed by atoms with Gasteiger partial charge >= 0.3 is 5.97 Å². The first kappa shape index (κ1) is 11.0. The first-order valence-electron chi connectivity index (χ1n) is 4.70. The van der Waals surface area contributed by atoms with Crippen LogP contribution in [0.3, 0.4) is 0 Å². The molecule has 1 aromatic carbocycles. The number of aromatic hydroxyl groups is 1. The molecule has 0 bridgehead atoms. The highest BCUT2D eigenvalue weighted by atomic mass is 35.5. The van der Waals surface area contributed by atoms with Gasteiger partial charge in [-0.05, 0) is 6.07 Å². The van der Waals surface area contributed by atoms with Gasteiger partial charge in [0.25, 0.3) is 0 Å². The number of hydrogen-bond acceptors (Lipinski definition) is 3. The Balaban J connectivity index is 2.53. The molecule has 0 saturated heterocycles. The summed E-state index contributed by atoms with van der Waals surface area (Å²) in [6.07, 6.45) is -0.174. The second-order valence-corrected chi connectivity index (χ2v) is 4.32. The normalized spacial score (nSPS) is 17.9. The van der Waals surface area contributed by atoms with E-state index in [2.05, 4.69) is 0 Å². The van der Waals surface area contributed by atoms with Gasteiger partial charge in [-0.1, -0.05) is 23.7 Å². The number of ketones is 1. The minimum Gasteiger partial charge on any atom is -0.506 e. The van der Waals surface area contributed by atoms with Crippen LogP contribution in [0.1, 0.15) is 18.4 Å². The van der Waals surface area contributed by atoms with Gasteiger partial charge in [-0.3, -0.25) is 9.59 Å². The number of phenols is 1. The van der Waals surface area contributed by atoms with Gasteiger partial charge < -0.3 is 10.2 Å². The van der Waals surface area contributed by atoms with E-state index in [1.807, 2.05) is 0 Å². The van der Waals surface area contributed by atoms with Crippen LogP contribution in [0, 0.1) is 0 Å². The third-order valence-electron chi connectivity index (χ3n) is 2.91. The molecular formula is C11H9ClO4. The Hall–Kier alpha value is -1.55. The van der Waals surface area contributed by atoms with Crippen molar-refractivity contribution in [2.45, 2.75) is 18.3 Å². The number of carbonyl (C=O) groups excluding carboxylic acids is 1. The van der Waals surface area contributed by atoms with Gasteiger partial charge in [0, 0.05) is 18.4 Å². The van der Waals surface area contributed by atoms with Crippen molar-refractivity contribution >= 4 is 23.4 Å². The monoisotopic (exact) mass is 240 g/mol. The van der Waals surface area contributed by atoms with E-state index in [0.717, 1.165) is 0 Å². The molecule has 1 aliphatic carbocycles. The summed E-state index contributed by atoms with van der Waals surface area (Å²) in [6, 6.07) is 4.52. The highest BCUT2D eigenvalue weighted by molar-refractivity contribution is 6.32. The van der Waals surface area contributed by atoms with Crippen molar-refractivity contribution in [3.05, 3.63) is 28.8 Å². The number of hydrogen-bond donors (Lipinski definition) is 2. The molecule has 0 radical (unpaired) electrons. The number of phenolic OH excluding ortho intramolecular Hbond substituents is 1. The number of carboxylic acids is 1. The topological polar surface area (TPSA) is 74.6 Å². The zero-order valence-corrected chi connectivity index (χ0v) is 8.99. The van der Waals surface area contributed by atoms with Crippen LogP contribution >= 0.6 is 11.6 Å². The van der Waals surface area contributed by atoms with Crippen LogP contribution in [0.4, 0.5) is 0 Å². The molecule has 0 aromatic heterocycles. The second-order valence-electron chi connectivity index (χ2n) is 3.92. The molecule has 1 saturated carbocycles. The number of carbonyl (C=O) groups is 2.